The van der Waals surface area contributed by atoms with Gasteiger partial charge in [0.05, 0.1) is 0 Å². The highest BCUT2D eigenvalue weighted by Crippen LogP contribution is 2.29. The van der Waals surface area contributed by atoms with E-state index in [0.29, 0.717) is 0 Å². The van der Waals surface area contributed by atoms with Crippen LogP contribution in [0.4, 0.5) is 5.69 Å². The summed E-state index contributed by atoms with van der Waals surface area (Å²) in [7, 11) is 0. The molecule has 1 aliphatic heterocycles. The van der Waals surface area contributed by atoms with Crippen LogP contribution in [0, 0.1) is 19.8 Å². The lowest BCUT2D eigenvalue weighted by Gasteiger charge is -2.43. The Morgan fingerprint density at radius 2 is 1.76 bits per heavy atom. The molecule has 2 nitrogen and oxygen atoms in total. The Kier molecular flexibility index (Phi) is 4.54. The molecule has 2 fully saturated rings. The molecule has 1 heterocycles. The summed E-state index contributed by atoms with van der Waals surface area (Å²) in [5.74, 6) is 0.931. The van der Waals surface area contributed by atoms with Gasteiger partial charge in [0.25, 0.3) is 0 Å². The van der Waals surface area contributed by atoms with Crippen molar-refractivity contribution in [2.24, 2.45) is 5.92 Å². The lowest BCUT2D eigenvalue weighted by Crippen LogP contribution is -2.51. The van der Waals surface area contributed by atoms with Gasteiger partial charge >= 0.3 is 0 Å². The Labute approximate surface area is 130 Å². The number of anilines is 1. The molecule has 0 aromatic heterocycles. The molecule has 2 aliphatic rings. The van der Waals surface area contributed by atoms with E-state index in [1.807, 2.05) is 0 Å². The maximum atomic E-state index is 2.76. The minimum Gasteiger partial charge on any atom is -0.369 e. The third-order valence-corrected chi connectivity index (χ3v) is 5.44. The van der Waals surface area contributed by atoms with Crippen LogP contribution in [-0.4, -0.2) is 37.1 Å². The van der Waals surface area contributed by atoms with Crippen molar-refractivity contribution in [3.63, 3.8) is 0 Å². The molecule has 1 aromatic carbocycles. The van der Waals surface area contributed by atoms with Gasteiger partial charge in [-0.2, -0.15) is 0 Å². The molecule has 1 saturated carbocycles. The molecule has 0 bridgehead atoms. The molecule has 0 spiro atoms. The summed E-state index contributed by atoms with van der Waals surface area (Å²) in [5, 5.41) is 0. The summed E-state index contributed by atoms with van der Waals surface area (Å²) in [6.07, 6.45) is 5.72. The van der Waals surface area contributed by atoms with Crippen molar-refractivity contribution < 1.29 is 0 Å². The predicted octanol–water partition coefficient (Wildman–Crippen LogP) is 4.00. The first-order valence-corrected chi connectivity index (χ1v) is 8.70. The van der Waals surface area contributed by atoms with Crippen LogP contribution in [0.25, 0.3) is 0 Å². The number of benzene rings is 1. The summed E-state index contributed by atoms with van der Waals surface area (Å²) in [5.41, 5.74) is 4.24. The first-order valence-electron chi connectivity index (χ1n) is 8.70. The minimum absolute atomic E-state index is 0.856. The molecular weight excluding hydrogens is 256 g/mol. The van der Waals surface area contributed by atoms with E-state index < -0.39 is 0 Å². The van der Waals surface area contributed by atoms with Gasteiger partial charge in [0.2, 0.25) is 0 Å². The van der Waals surface area contributed by atoms with Crippen molar-refractivity contribution >= 4 is 5.69 Å². The van der Waals surface area contributed by atoms with Crippen LogP contribution in [0.1, 0.15) is 43.7 Å². The van der Waals surface area contributed by atoms with Crippen LogP contribution in [0.5, 0.6) is 0 Å². The van der Waals surface area contributed by atoms with Crippen molar-refractivity contribution in [2.75, 3.05) is 31.1 Å². The Morgan fingerprint density at radius 3 is 2.48 bits per heavy atom. The van der Waals surface area contributed by atoms with Gasteiger partial charge in [-0.25, -0.2) is 0 Å². The summed E-state index contributed by atoms with van der Waals surface area (Å²) in [6, 6.07) is 7.70. The average Bonchev–Trinajstić information content (AvgIpc) is 2.50. The fourth-order valence-electron chi connectivity index (χ4n) is 4.12. The topological polar surface area (TPSA) is 6.48 Å². The van der Waals surface area contributed by atoms with E-state index in [1.54, 1.807) is 0 Å². The minimum atomic E-state index is 0.856. The smallest absolute Gasteiger partial charge is 0.0399 e. The van der Waals surface area contributed by atoms with E-state index in [1.165, 1.54) is 68.7 Å². The number of hydrogen-bond donors (Lipinski definition) is 0. The van der Waals surface area contributed by atoms with Crippen LogP contribution in [0.3, 0.4) is 0 Å². The highest BCUT2D eigenvalue weighted by molar-refractivity contribution is 5.55. The van der Waals surface area contributed by atoms with Crippen LogP contribution < -0.4 is 4.90 Å². The first kappa shape index (κ1) is 14.9. The zero-order valence-corrected chi connectivity index (χ0v) is 13.9. The zero-order chi connectivity index (χ0) is 14.8. The van der Waals surface area contributed by atoms with Crippen LogP contribution >= 0.6 is 0 Å². The van der Waals surface area contributed by atoms with Crippen LogP contribution in [0.2, 0.25) is 0 Å². The molecule has 0 N–H and O–H groups in total. The van der Waals surface area contributed by atoms with Gasteiger partial charge < -0.3 is 4.90 Å². The molecule has 116 valence electrons. The summed E-state index contributed by atoms with van der Waals surface area (Å²) >= 11 is 0. The maximum absolute atomic E-state index is 2.76. The van der Waals surface area contributed by atoms with E-state index in [9.17, 15) is 0 Å². The van der Waals surface area contributed by atoms with Gasteiger partial charge in [0, 0.05) is 37.9 Å². The molecule has 0 radical (unpaired) electrons. The van der Waals surface area contributed by atoms with Crippen LogP contribution in [-0.2, 0) is 0 Å². The monoisotopic (exact) mass is 286 g/mol. The van der Waals surface area contributed by atoms with E-state index in [-0.39, 0.29) is 0 Å². The Hall–Kier alpha value is -1.02. The number of nitrogens with zero attached hydrogens (tertiary/aromatic N) is 2. The third kappa shape index (κ3) is 3.42. The Balaban J connectivity index is 1.61. The van der Waals surface area contributed by atoms with Gasteiger partial charge in [-0.15, -0.1) is 0 Å². The number of aryl methyl sites for hydroxylation is 2. The molecule has 1 aromatic rings. The van der Waals surface area contributed by atoms with Gasteiger partial charge in [-0.3, -0.25) is 4.90 Å². The Bertz CT molecular complexity index is 474. The molecule has 2 heteroatoms. The normalized spacial score (nSPS) is 27.9. The molecule has 3 rings (SSSR count). The van der Waals surface area contributed by atoms with Gasteiger partial charge in [-0.1, -0.05) is 31.9 Å². The second kappa shape index (κ2) is 6.39. The SMILES string of the molecule is Cc1ccc(C)c(N2CCN([C@H]3CCC[C@H](C)C3)CC2)c1. The summed E-state index contributed by atoms with van der Waals surface area (Å²) < 4.78 is 0. The van der Waals surface area contributed by atoms with Crippen molar-refractivity contribution in [2.45, 2.75) is 52.5 Å². The predicted molar refractivity (Wildman–Crippen MR) is 91.1 cm³/mol. The fraction of sp³-hybridized carbons (Fsp3) is 0.684. The summed E-state index contributed by atoms with van der Waals surface area (Å²) in [6.45, 7) is 11.7. The standard InChI is InChI=1S/C19H30N2/c1-15-5-4-6-18(13-15)20-9-11-21(12-10-20)19-14-16(2)7-8-17(19)3/h7-8,14-15,18H,4-6,9-13H2,1-3H3/t15-,18-/m0/s1. The highest BCUT2D eigenvalue weighted by Gasteiger charge is 2.27. The zero-order valence-electron chi connectivity index (χ0n) is 13.9. The molecule has 1 saturated heterocycles. The number of piperazine rings is 1. The molecular formula is C19H30N2. The van der Waals surface area contributed by atoms with Crippen molar-refractivity contribution in [1.82, 2.24) is 4.90 Å². The third-order valence-electron chi connectivity index (χ3n) is 5.44. The molecule has 21 heavy (non-hydrogen) atoms. The van der Waals surface area contributed by atoms with Gasteiger partial charge in [-0.05, 0) is 49.8 Å². The van der Waals surface area contributed by atoms with Gasteiger partial charge in [0.1, 0.15) is 0 Å². The van der Waals surface area contributed by atoms with E-state index in [2.05, 4.69) is 48.8 Å². The lowest BCUT2D eigenvalue weighted by atomic mass is 9.86. The van der Waals surface area contributed by atoms with E-state index >= 15 is 0 Å². The van der Waals surface area contributed by atoms with Crippen molar-refractivity contribution in [3.8, 4) is 0 Å². The second-order valence-corrected chi connectivity index (χ2v) is 7.24. The highest BCUT2D eigenvalue weighted by atomic mass is 15.3. The fourth-order valence-corrected chi connectivity index (χ4v) is 4.12. The lowest BCUT2D eigenvalue weighted by molar-refractivity contribution is 0.127. The number of hydrogen-bond acceptors (Lipinski definition) is 2. The molecule has 1 aliphatic carbocycles. The second-order valence-electron chi connectivity index (χ2n) is 7.24. The number of rotatable bonds is 2. The van der Waals surface area contributed by atoms with E-state index in [4.69, 9.17) is 0 Å². The molecule has 0 amide bonds. The quantitative estimate of drug-likeness (QED) is 0.810. The Morgan fingerprint density at radius 1 is 1.00 bits per heavy atom. The summed E-state index contributed by atoms with van der Waals surface area (Å²) in [4.78, 5) is 5.35. The van der Waals surface area contributed by atoms with Crippen molar-refractivity contribution in [1.29, 1.82) is 0 Å². The largest absolute Gasteiger partial charge is 0.369 e. The van der Waals surface area contributed by atoms with Gasteiger partial charge in [0.15, 0.2) is 0 Å². The van der Waals surface area contributed by atoms with Crippen molar-refractivity contribution in [3.05, 3.63) is 29.3 Å². The maximum Gasteiger partial charge on any atom is 0.0399 e. The molecule has 2 atom stereocenters. The molecule has 0 unspecified atom stereocenters. The average molecular weight is 286 g/mol. The van der Waals surface area contributed by atoms with E-state index in [0.717, 1.165) is 12.0 Å². The van der Waals surface area contributed by atoms with Crippen LogP contribution in [0.15, 0.2) is 18.2 Å². The first-order chi connectivity index (χ1) is 10.1.